The van der Waals surface area contributed by atoms with Crippen molar-refractivity contribution in [2.75, 3.05) is 18.9 Å². The van der Waals surface area contributed by atoms with Gasteiger partial charge in [0.2, 0.25) is 0 Å². The van der Waals surface area contributed by atoms with Crippen molar-refractivity contribution in [2.24, 2.45) is 0 Å². The molecule has 2 N–H and O–H groups in total. The number of hydrogen-bond acceptors (Lipinski definition) is 6. The molecule has 0 bridgehead atoms. The molecular formula is C12H15NO4S. The molecule has 1 rings (SSSR count). The third-order valence-corrected chi connectivity index (χ3v) is 3.27. The standard InChI is InChI=1S/C12H15NO4S/c1-4-6-17-12(15)9-7(3)8(10(13)18-9)11(14)16-5-2/h4H,1,5-6,13H2,2-3H3. The van der Waals surface area contributed by atoms with Gasteiger partial charge in [0.25, 0.3) is 0 Å². The summed E-state index contributed by atoms with van der Waals surface area (Å²) in [6.45, 7) is 7.17. The molecule has 0 aromatic carbocycles. The van der Waals surface area contributed by atoms with Crippen LogP contribution in [-0.2, 0) is 9.47 Å². The summed E-state index contributed by atoms with van der Waals surface area (Å²) in [4.78, 5) is 23.7. The Morgan fingerprint density at radius 3 is 2.61 bits per heavy atom. The predicted molar refractivity (Wildman–Crippen MR) is 69.9 cm³/mol. The van der Waals surface area contributed by atoms with Crippen molar-refractivity contribution in [2.45, 2.75) is 13.8 Å². The molecule has 1 aromatic rings. The molecule has 6 heteroatoms. The van der Waals surface area contributed by atoms with E-state index in [9.17, 15) is 9.59 Å². The van der Waals surface area contributed by atoms with E-state index in [1.807, 2.05) is 0 Å². The fraction of sp³-hybridized carbons (Fsp3) is 0.333. The van der Waals surface area contributed by atoms with Crippen LogP contribution in [0.5, 0.6) is 0 Å². The average molecular weight is 269 g/mol. The maximum atomic E-state index is 11.7. The van der Waals surface area contributed by atoms with Crippen molar-refractivity contribution in [3.05, 3.63) is 28.7 Å². The van der Waals surface area contributed by atoms with Gasteiger partial charge in [-0.1, -0.05) is 12.7 Å². The predicted octanol–water partition coefficient (Wildman–Crippen LogP) is 2.16. The molecule has 0 saturated heterocycles. The molecule has 1 aromatic heterocycles. The van der Waals surface area contributed by atoms with Gasteiger partial charge >= 0.3 is 11.9 Å². The second-order valence-electron chi connectivity index (χ2n) is 3.40. The molecule has 1 heterocycles. The molecule has 0 aliphatic heterocycles. The first-order valence-electron chi connectivity index (χ1n) is 5.36. The second kappa shape index (κ2) is 6.20. The van der Waals surface area contributed by atoms with Crippen LogP contribution >= 0.6 is 11.3 Å². The lowest BCUT2D eigenvalue weighted by Gasteiger charge is -2.03. The van der Waals surface area contributed by atoms with Crippen LogP contribution in [0.4, 0.5) is 5.00 Å². The number of ether oxygens (including phenoxy) is 2. The van der Waals surface area contributed by atoms with E-state index in [0.717, 1.165) is 11.3 Å². The van der Waals surface area contributed by atoms with Gasteiger partial charge in [-0.3, -0.25) is 0 Å². The van der Waals surface area contributed by atoms with E-state index >= 15 is 0 Å². The van der Waals surface area contributed by atoms with Gasteiger partial charge in [0.05, 0.1) is 12.2 Å². The number of hydrogen-bond donors (Lipinski definition) is 1. The van der Waals surface area contributed by atoms with Crippen LogP contribution < -0.4 is 5.73 Å². The second-order valence-corrected chi connectivity index (χ2v) is 4.46. The first-order chi connectivity index (χ1) is 8.52. The Morgan fingerprint density at radius 1 is 1.39 bits per heavy atom. The number of nitrogens with two attached hydrogens (primary N) is 1. The van der Waals surface area contributed by atoms with E-state index in [0.29, 0.717) is 10.4 Å². The lowest BCUT2D eigenvalue weighted by molar-refractivity contribution is 0.0527. The summed E-state index contributed by atoms with van der Waals surface area (Å²) < 4.78 is 9.80. The van der Waals surface area contributed by atoms with E-state index in [4.69, 9.17) is 15.2 Å². The SMILES string of the molecule is C=CCOC(=O)c1sc(N)c(C(=O)OCC)c1C. The van der Waals surface area contributed by atoms with E-state index in [1.54, 1.807) is 13.8 Å². The van der Waals surface area contributed by atoms with Crippen LogP contribution in [-0.4, -0.2) is 25.2 Å². The van der Waals surface area contributed by atoms with Crippen molar-refractivity contribution in [1.82, 2.24) is 0 Å². The molecule has 0 spiro atoms. The highest BCUT2D eigenvalue weighted by Gasteiger charge is 2.24. The van der Waals surface area contributed by atoms with E-state index in [2.05, 4.69) is 6.58 Å². The molecule has 0 aliphatic rings. The molecule has 0 unspecified atom stereocenters. The normalized spacial score (nSPS) is 9.89. The summed E-state index contributed by atoms with van der Waals surface area (Å²) in [6, 6.07) is 0. The summed E-state index contributed by atoms with van der Waals surface area (Å²) in [5, 5.41) is 0.261. The summed E-state index contributed by atoms with van der Waals surface area (Å²) >= 11 is 1.02. The molecule has 0 atom stereocenters. The van der Waals surface area contributed by atoms with Gasteiger partial charge in [-0.15, -0.1) is 11.3 Å². The van der Waals surface area contributed by atoms with Gasteiger partial charge < -0.3 is 15.2 Å². The van der Waals surface area contributed by atoms with Crippen molar-refractivity contribution >= 4 is 28.3 Å². The highest BCUT2D eigenvalue weighted by atomic mass is 32.1. The Bertz CT molecular complexity index is 479. The molecule has 0 fully saturated rings. The van der Waals surface area contributed by atoms with Gasteiger partial charge in [-0.25, -0.2) is 9.59 Å². The summed E-state index contributed by atoms with van der Waals surface area (Å²) in [6.07, 6.45) is 1.47. The highest BCUT2D eigenvalue weighted by Crippen LogP contribution is 2.31. The van der Waals surface area contributed by atoms with Crippen molar-refractivity contribution in [1.29, 1.82) is 0 Å². The Morgan fingerprint density at radius 2 is 2.06 bits per heavy atom. The maximum absolute atomic E-state index is 11.7. The fourth-order valence-corrected chi connectivity index (χ4v) is 2.34. The molecule has 5 nitrogen and oxygen atoms in total. The summed E-state index contributed by atoms with van der Waals surface area (Å²) in [7, 11) is 0. The number of carbonyl (C=O) groups is 2. The van der Waals surface area contributed by atoms with Crippen molar-refractivity contribution in [3.63, 3.8) is 0 Å². The molecule has 98 valence electrons. The monoisotopic (exact) mass is 269 g/mol. The Hall–Kier alpha value is -1.82. The zero-order valence-corrected chi connectivity index (χ0v) is 11.1. The van der Waals surface area contributed by atoms with Crippen molar-refractivity contribution in [3.8, 4) is 0 Å². The zero-order chi connectivity index (χ0) is 13.7. The third kappa shape index (κ3) is 2.89. The van der Waals surface area contributed by atoms with Gasteiger partial charge in [0.1, 0.15) is 16.5 Å². The Kier molecular flexibility index (Phi) is 4.91. The quantitative estimate of drug-likeness (QED) is 0.654. The average Bonchev–Trinajstić information content (AvgIpc) is 2.62. The smallest absolute Gasteiger partial charge is 0.348 e. The zero-order valence-electron chi connectivity index (χ0n) is 10.3. The first kappa shape index (κ1) is 14.2. The molecule has 0 saturated carbocycles. The van der Waals surface area contributed by atoms with Crippen LogP contribution in [0.15, 0.2) is 12.7 Å². The van der Waals surface area contributed by atoms with Gasteiger partial charge in [0, 0.05) is 0 Å². The lowest BCUT2D eigenvalue weighted by atomic mass is 10.1. The van der Waals surface area contributed by atoms with Gasteiger partial charge in [-0.05, 0) is 19.4 Å². The molecule has 0 aliphatic carbocycles. The first-order valence-corrected chi connectivity index (χ1v) is 6.18. The lowest BCUT2D eigenvalue weighted by Crippen LogP contribution is -2.09. The van der Waals surface area contributed by atoms with Crippen LogP contribution in [0, 0.1) is 6.92 Å². The van der Waals surface area contributed by atoms with Gasteiger partial charge in [-0.2, -0.15) is 0 Å². The minimum Gasteiger partial charge on any atom is -0.462 e. The minimum atomic E-state index is -0.522. The third-order valence-electron chi connectivity index (χ3n) is 2.17. The Labute approximate surface area is 109 Å². The molecular weight excluding hydrogens is 254 g/mol. The van der Waals surface area contributed by atoms with Crippen LogP contribution in [0.1, 0.15) is 32.5 Å². The maximum Gasteiger partial charge on any atom is 0.348 e. The summed E-state index contributed by atoms with van der Waals surface area (Å²) in [5.41, 5.74) is 6.46. The molecule has 0 radical (unpaired) electrons. The van der Waals surface area contributed by atoms with E-state index in [1.165, 1.54) is 6.08 Å². The number of thiophene rings is 1. The van der Waals surface area contributed by atoms with E-state index in [-0.39, 0.29) is 23.8 Å². The van der Waals surface area contributed by atoms with Gasteiger partial charge in [0.15, 0.2) is 0 Å². The summed E-state index contributed by atoms with van der Waals surface area (Å²) in [5.74, 6) is -1.04. The van der Waals surface area contributed by atoms with Crippen LogP contribution in [0.3, 0.4) is 0 Å². The largest absolute Gasteiger partial charge is 0.462 e. The van der Waals surface area contributed by atoms with Crippen LogP contribution in [0.25, 0.3) is 0 Å². The highest BCUT2D eigenvalue weighted by molar-refractivity contribution is 7.18. The molecule has 0 amide bonds. The number of anilines is 1. The number of esters is 2. The van der Waals surface area contributed by atoms with E-state index < -0.39 is 11.9 Å². The van der Waals surface area contributed by atoms with Crippen molar-refractivity contribution < 1.29 is 19.1 Å². The Balaban J connectivity index is 3.03. The van der Waals surface area contributed by atoms with Crippen LogP contribution in [0.2, 0.25) is 0 Å². The number of carbonyl (C=O) groups excluding carboxylic acids is 2. The number of rotatable bonds is 5. The number of nitrogen functional groups attached to an aromatic ring is 1. The topological polar surface area (TPSA) is 78.6 Å². The fourth-order valence-electron chi connectivity index (χ4n) is 1.39. The molecule has 18 heavy (non-hydrogen) atoms. The minimum absolute atomic E-state index is 0.116.